The number of benzene rings is 2. The number of amidine groups is 1. The maximum Gasteiger partial charge on any atom is 0.338 e. The third-order valence-electron chi connectivity index (χ3n) is 6.15. The van der Waals surface area contributed by atoms with Crippen LogP contribution in [0.2, 0.25) is 0 Å². The summed E-state index contributed by atoms with van der Waals surface area (Å²) in [5.74, 6) is -0.135. The van der Waals surface area contributed by atoms with E-state index in [1.165, 1.54) is 17.3 Å². The Balaban J connectivity index is 1.62. The van der Waals surface area contributed by atoms with Crippen molar-refractivity contribution in [3.63, 3.8) is 0 Å². The molecule has 0 aliphatic carbocycles. The molecule has 6 nitrogen and oxygen atoms in total. The lowest BCUT2D eigenvalue weighted by Crippen LogP contribution is -2.38. The van der Waals surface area contributed by atoms with Crippen LogP contribution in [0.4, 0.5) is 0 Å². The Morgan fingerprint density at radius 3 is 2.56 bits per heavy atom. The quantitative estimate of drug-likeness (QED) is 0.346. The van der Waals surface area contributed by atoms with Gasteiger partial charge in [-0.3, -0.25) is 4.79 Å². The number of aliphatic imine (C=N–C) groups is 1. The van der Waals surface area contributed by atoms with Crippen LogP contribution in [-0.2, 0) is 20.9 Å². The lowest BCUT2D eigenvalue weighted by molar-refractivity contribution is -0.138. The van der Waals surface area contributed by atoms with Crippen LogP contribution in [0.5, 0.6) is 0 Å². The average Bonchev–Trinajstić information content (AvgIpc) is 3.27. The van der Waals surface area contributed by atoms with E-state index in [-0.39, 0.29) is 18.9 Å². The Kier molecular flexibility index (Phi) is 8.10. The lowest BCUT2D eigenvalue weighted by atomic mass is 9.92. The number of hydrogen-bond acceptors (Lipinski definition) is 6. The standard InChI is InChI=1S/C29H31N3O3S/c1-5-15-35-28(34)26-20(4)31-29-32(27(26)23-13-11-22(12-14-23)19(2)3)24(18-36-29)16-25(33)30-17-21-9-7-6-8-10-21/h5-14,18-19,27H,1,15-17H2,2-4H3,(H,30,33). The zero-order valence-corrected chi connectivity index (χ0v) is 21.7. The van der Waals surface area contributed by atoms with Crippen molar-refractivity contribution in [3.05, 3.63) is 106 Å². The summed E-state index contributed by atoms with van der Waals surface area (Å²) < 4.78 is 5.45. The van der Waals surface area contributed by atoms with Gasteiger partial charge < -0.3 is 15.0 Å². The van der Waals surface area contributed by atoms with Crippen LogP contribution in [0, 0.1) is 0 Å². The molecule has 0 saturated heterocycles. The number of ether oxygens (including phenoxy) is 1. The fraction of sp³-hybridized carbons (Fsp3) is 0.276. The minimum Gasteiger partial charge on any atom is -0.458 e. The maximum absolute atomic E-state index is 13.2. The molecule has 0 aromatic heterocycles. The highest BCUT2D eigenvalue weighted by Gasteiger charge is 2.41. The van der Waals surface area contributed by atoms with Gasteiger partial charge in [0.1, 0.15) is 6.61 Å². The third kappa shape index (κ3) is 5.62. The van der Waals surface area contributed by atoms with E-state index in [2.05, 4.69) is 37.9 Å². The number of nitrogens with one attached hydrogen (secondary N) is 1. The van der Waals surface area contributed by atoms with Crippen LogP contribution in [0.1, 0.15) is 55.8 Å². The molecular formula is C29H31N3O3S. The van der Waals surface area contributed by atoms with Crippen molar-refractivity contribution in [2.45, 2.75) is 45.7 Å². The normalized spacial score (nSPS) is 16.9. The van der Waals surface area contributed by atoms with Crippen molar-refractivity contribution in [3.8, 4) is 0 Å². The first kappa shape index (κ1) is 25.5. The van der Waals surface area contributed by atoms with Crippen molar-refractivity contribution in [2.75, 3.05) is 6.61 Å². The second kappa shape index (κ2) is 11.4. The van der Waals surface area contributed by atoms with Crippen molar-refractivity contribution >= 4 is 28.8 Å². The number of carbonyl (C=O) groups is 2. The van der Waals surface area contributed by atoms with Gasteiger partial charge >= 0.3 is 5.97 Å². The van der Waals surface area contributed by atoms with Crippen LogP contribution >= 0.6 is 11.8 Å². The number of thioether (sulfide) groups is 1. The molecule has 0 bridgehead atoms. The number of hydrogen-bond donors (Lipinski definition) is 1. The van der Waals surface area contributed by atoms with Crippen molar-refractivity contribution in [1.82, 2.24) is 10.2 Å². The Hall–Kier alpha value is -3.58. The lowest BCUT2D eigenvalue weighted by Gasteiger charge is -2.36. The highest BCUT2D eigenvalue weighted by atomic mass is 32.2. The summed E-state index contributed by atoms with van der Waals surface area (Å²) in [5, 5.41) is 5.69. The SMILES string of the molecule is C=CCOC(=O)C1=C(C)N=C2SC=C(CC(=O)NCc3ccccc3)N2C1c1ccc(C(C)C)cc1. The van der Waals surface area contributed by atoms with Gasteiger partial charge in [-0.05, 0) is 34.9 Å². The molecule has 2 heterocycles. The summed E-state index contributed by atoms with van der Waals surface area (Å²) in [6, 6.07) is 17.6. The van der Waals surface area contributed by atoms with Crippen LogP contribution in [0.15, 0.2) is 94.6 Å². The Labute approximate surface area is 216 Å². The van der Waals surface area contributed by atoms with Crippen LogP contribution in [0.25, 0.3) is 0 Å². The van der Waals surface area contributed by atoms with Gasteiger partial charge in [-0.15, -0.1) is 0 Å². The predicted molar refractivity (Wildman–Crippen MR) is 145 cm³/mol. The Morgan fingerprint density at radius 2 is 1.89 bits per heavy atom. The predicted octanol–water partition coefficient (Wildman–Crippen LogP) is 5.82. The van der Waals surface area contributed by atoms with Gasteiger partial charge in [0.05, 0.1) is 23.7 Å². The summed E-state index contributed by atoms with van der Waals surface area (Å²) in [6.07, 6.45) is 1.72. The monoisotopic (exact) mass is 501 g/mol. The van der Waals surface area contributed by atoms with Gasteiger partial charge in [-0.1, -0.05) is 92.9 Å². The zero-order valence-electron chi connectivity index (χ0n) is 20.9. The average molecular weight is 502 g/mol. The number of fused-ring (bicyclic) bond motifs is 1. The molecule has 1 amide bonds. The third-order valence-corrected chi connectivity index (χ3v) is 7.03. The van der Waals surface area contributed by atoms with E-state index in [1.807, 2.05) is 59.7 Å². The largest absolute Gasteiger partial charge is 0.458 e. The molecule has 7 heteroatoms. The molecule has 36 heavy (non-hydrogen) atoms. The first-order valence-electron chi connectivity index (χ1n) is 12.0. The van der Waals surface area contributed by atoms with Gasteiger partial charge in [0.2, 0.25) is 5.91 Å². The van der Waals surface area contributed by atoms with E-state index in [0.717, 1.165) is 22.0 Å². The van der Waals surface area contributed by atoms with Crippen molar-refractivity contribution in [2.24, 2.45) is 4.99 Å². The van der Waals surface area contributed by atoms with Crippen LogP contribution in [0.3, 0.4) is 0 Å². The van der Waals surface area contributed by atoms with Gasteiger partial charge in [-0.25, -0.2) is 9.79 Å². The maximum atomic E-state index is 13.2. The van der Waals surface area contributed by atoms with E-state index < -0.39 is 12.0 Å². The molecule has 186 valence electrons. The summed E-state index contributed by atoms with van der Waals surface area (Å²) in [4.78, 5) is 32.8. The fourth-order valence-corrected chi connectivity index (χ4v) is 5.21. The first-order valence-corrected chi connectivity index (χ1v) is 12.9. The molecule has 2 aromatic rings. The number of amides is 1. The molecular weight excluding hydrogens is 470 g/mol. The molecule has 2 aromatic carbocycles. The van der Waals surface area contributed by atoms with Crippen molar-refractivity contribution in [1.29, 1.82) is 0 Å². The molecule has 0 spiro atoms. The van der Waals surface area contributed by atoms with E-state index in [4.69, 9.17) is 9.73 Å². The summed E-state index contributed by atoms with van der Waals surface area (Å²) in [7, 11) is 0. The molecule has 0 radical (unpaired) electrons. The van der Waals surface area contributed by atoms with Gasteiger partial charge in [0, 0.05) is 12.2 Å². The van der Waals surface area contributed by atoms with E-state index in [9.17, 15) is 9.59 Å². The fourth-order valence-electron chi connectivity index (χ4n) is 4.25. The van der Waals surface area contributed by atoms with Crippen molar-refractivity contribution < 1.29 is 14.3 Å². The smallest absolute Gasteiger partial charge is 0.338 e. The minimum atomic E-state index is -0.445. The molecule has 0 fully saturated rings. The summed E-state index contributed by atoms with van der Waals surface area (Å²) in [6.45, 7) is 10.3. The molecule has 1 atom stereocenters. The minimum absolute atomic E-state index is 0.0945. The molecule has 4 rings (SSSR count). The number of esters is 1. The molecule has 0 saturated carbocycles. The number of rotatable bonds is 9. The Morgan fingerprint density at radius 1 is 1.17 bits per heavy atom. The number of allylic oxidation sites excluding steroid dienone is 1. The second-order valence-corrected chi connectivity index (χ2v) is 9.88. The second-order valence-electron chi connectivity index (χ2n) is 9.04. The molecule has 1 N–H and O–H groups in total. The topological polar surface area (TPSA) is 71.0 Å². The zero-order chi connectivity index (χ0) is 25.7. The van der Waals surface area contributed by atoms with E-state index >= 15 is 0 Å². The molecule has 2 aliphatic heterocycles. The summed E-state index contributed by atoms with van der Waals surface area (Å²) in [5.41, 5.74) is 5.07. The number of nitrogens with zero attached hydrogens (tertiary/aromatic N) is 2. The van der Waals surface area contributed by atoms with E-state index in [0.29, 0.717) is 23.7 Å². The summed E-state index contributed by atoms with van der Waals surface area (Å²) >= 11 is 1.46. The first-order chi connectivity index (χ1) is 17.4. The van der Waals surface area contributed by atoms with Gasteiger partial charge in [0.25, 0.3) is 0 Å². The van der Waals surface area contributed by atoms with Gasteiger partial charge in [0.15, 0.2) is 5.17 Å². The van der Waals surface area contributed by atoms with Crippen LogP contribution < -0.4 is 5.32 Å². The van der Waals surface area contributed by atoms with Gasteiger partial charge in [-0.2, -0.15) is 0 Å². The molecule has 2 aliphatic rings. The molecule has 1 unspecified atom stereocenters. The highest BCUT2D eigenvalue weighted by Crippen LogP contribution is 2.45. The van der Waals surface area contributed by atoms with E-state index in [1.54, 1.807) is 6.08 Å². The Bertz CT molecular complexity index is 1230. The number of carbonyl (C=O) groups excluding carboxylic acids is 2. The highest BCUT2D eigenvalue weighted by molar-refractivity contribution is 8.16. The van der Waals surface area contributed by atoms with Crippen LogP contribution in [-0.4, -0.2) is 28.6 Å².